The molecule has 0 atom stereocenters. The van der Waals surface area contributed by atoms with Crippen molar-refractivity contribution in [2.75, 3.05) is 30.4 Å². The molecular formula is C24H23N5O5. The third-order valence-electron chi connectivity index (χ3n) is 5.67. The minimum atomic E-state index is -0.779. The van der Waals surface area contributed by atoms with Crippen molar-refractivity contribution >= 4 is 29.5 Å². The molecule has 0 unspecified atom stereocenters. The van der Waals surface area contributed by atoms with Crippen LogP contribution in [-0.2, 0) is 9.53 Å². The van der Waals surface area contributed by atoms with Gasteiger partial charge < -0.3 is 20.1 Å². The lowest BCUT2D eigenvalue weighted by Gasteiger charge is -2.30. The number of carbonyl (C=O) groups is 3. The number of methoxy groups -OCH3 is 1. The molecular weight excluding hydrogens is 438 g/mol. The van der Waals surface area contributed by atoms with E-state index in [2.05, 4.69) is 20.3 Å². The van der Waals surface area contributed by atoms with Gasteiger partial charge in [-0.1, -0.05) is 30.3 Å². The molecule has 0 aliphatic carbocycles. The Hall–Kier alpha value is -4.34. The standard InChI is InChI=1S/C24H23N5O5/c1-34-24(33)17-11-20(26-12-18(17)15-5-3-2-4-6-15)28-22(30)19-13-27-21(14-25-19)29-9-7-16(8-10-29)23(31)32/h2-6,11-14,16H,7-10H2,1H3,(H,31,32)(H,26,28,30). The lowest BCUT2D eigenvalue weighted by atomic mass is 9.97. The van der Waals surface area contributed by atoms with Crippen LogP contribution in [0.25, 0.3) is 11.1 Å². The van der Waals surface area contributed by atoms with Gasteiger partial charge in [0.05, 0.1) is 31.0 Å². The molecule has 3 heterocycles. The number of esters is 1. The number of benzene rings is 1. The molecule has 10 heteroatoms. The van der Waals surface area contributed by atoms with E-state index in [9.17, 15) is 14.4 Å². The maximum Gasteiger partial charge on any atom is 0.338 e. The van der Waals surface area contributed by atoms with E-state index in [4.69, 9.17) is 9.84 Å². The maximum absolute atomic E-state index is 12.7. The summed E-state index contributed by atoms with van der Waals surface area (Å²) in [6, 6.07) is 10.7. The van der Waals surface area contributed by atoms with E-state index < -0.39 is 17.8 Å². The molecule has 1 amide bonds. The highest BCUT2D eigenvalue weighted by Crippen LogP contribution is 2.26. The Morgan fingerprint density at radius 2 is 1.76 bits per heavy atom. The fourth-order valence-corrected chi connectivity index (χ4v) is 3.79. The molecule has 1 saturated heterocycles. The highest BCUT2D eigenvalue weighted by atomic mass is 16.5. The lowest BCUT2D eigenvalue weighted by molar-refractivity contribution is -0.142. The molecule has 174 valence electrons. The van der Waals surface area contributed by atoms with E-state index in [1.807, 2.05) is 35.2 Å². The van der Waals surface area contributed by atoms with Crippen LogP contribution in [-0.4, -0.2) is 58.1 Å². The van der Waals surface area contributed by atoms with Crippen molar-refractivity contribution in [3.63, 3.8) is 0 Å². The number of hydrogen-bond donors (Lipinski definition) is 2. The number of ether oxygens (including phenoxy) is 1. The largest absolute Gasteiger partial charge is 0.481 e. The molecule has 1 aliphatic rings. The van der Waals surface area contributed by atoms with Crippen molar-refractivity contribution in [3.8, 4) is 11.1 Å². The second-order valence-corrected chi connectivity index (χ2v) is 7.79. The number of aromatic nitrogens is 3. The first-order chi connectivity index (χ1) is 16.5. The summed E-state index contributed by atoms with van der Waals surface area (Å²) in [5.41, 5.74) is 1.73. The Balaban J connectivity index is 1.47. The van der Waals surface area contributed by atoms with E-state index in [0.717, 1.165) is 5.56 Å². The Kier molecular flexibility index (Phi) is 6.77. The summed E-state index contributed by atoms with van der Waals surface area (Å²) >= 11 is 0. The number of piperidine rings is 1. The second kappa shape index (κ2) is 10.1. The van der Waals surface area contributed by atoms with Crippen molar-refractivity contribution in [1.82, 2.24) is 15.0 Å². The van der Waals surface area contributed by atoms with Crippen LogP contribution < -0.4 is 10.2 Å². The molecule has 1 aromatic carbocycles. The van der Waals surface area contributed by atoms with E-state index in [0.29, 0.717) is 37.3 Å². The number of nitrogens with one attached hydrogen (secondary N) is 1. The van der Waals surface area contributed by atoms with Crippen LogP contribution in [0.2, 0.25) is 0 Å². The predicted molar refractivity (Wildman–Crippen MR) is 124 cm³/mol. The molecule has 34 heavy (non-hydrogen) atoms. The summed E-state index contributed by atoms with van der Waals surface area (Å²) in [6.07, 6.45) is 5.42. The Labute approximate surface area is 195 Å². The SMILES string of the molecule is COC(=O)c1cc(NC(=O)c2cnc(N3CCC(C(=O)O)CC3)cn2)ncc1-c1ccccc1. The molecule has 0 bridgehead atoms. The Morgan fingerprint density at radius 1 is 1.03 bits per heavy atom. The molecule has 2 N–H and O–H groups in total. The quantitative estimate of drug-likeness (QED) is 0.531. The van der Waals surface area contributed by atoms with Crippen molar-refractivity contribution < 1.29 is 24.2 Å². The summed E-state index contributed by atoms with van der Waals surface area (Å²) in [7, 11) is 1.29. The molecule has 3 aromatic rings. The van der Waals surface area contributed by atoms with Gasteiger partial charge in [-0.15, -0.1) is 0 Å². The number of nitrogens with zero attached hydrogens (tertiary/aromatic N) is 4. The van der Waals surface area contributed by atoms with Gasteiger partial charge in [0, 0.05) is 24.8 Å². The molecule has 0 saturated carbocycles. The second-order valence-electron chi connectivity index (χ2n) is 7.79. The number of carboxylic acids is 1. The highest BCUT2D eigenvalue weighted by Gasteiger charge is 2.25. The van der Waals surface area contributed by atoms with Crippen LogP contribution in [0, 0.1) is 5.92 Å². The zero-order valence-corrected chi connectivity index (χ0v) is 18.5. The number of hydrogen-bond acceptors (Lipinski definition) is 8. The van der Waals surface area contributed by atoms with E-state index in [1.165, 1.54) is 31.8 Å². The van der Waals surface area contributed by atoms with Gasteiger partial charge in [-0.25, -0.2) is 19.7 Å². The first-order valence-electron chi connectivity index (χ1n) is 10.7. The molecule has 1 fully saturated rings. The summed E-state index contributed by atoms with van der Waals surface area (Å²) in [5.74, 6) is -1.44. The minimum absolute atomic E-state index is 0.0812. The van der Waals surface area contributed by atoms with E-state index in [-0.39, 0.29) is 23.0 Å². The van der Waals surface area contributed by atoms with Crippen LogP contribution in [0.1, 0.15) is 33.7 Å². The van der Waals surface area contributed by atoms with Gasteiger partial charge in [0.2, 0.25) is 0 Å². The van der Waals surface area contributed by atoms with Gasteiger partial charge >= 0.3 is 11.9 Å². The zero-order chi connectivity index (χ0) is 24.1. The number of aliphatic carboxylic acids is 1. The number of carbonyl (C=O) groups excluding carboxylic acids is 2. The Bertz CT molecular complexity index is 1190. The normalized spacial score (nSPS) is 13.9. The summed E-state index contributed by atoms with van der Waals surface area (Å²) in [4.78, 5) is 50.8. The van der Waals surface area contributed by atoms with Crippen molar-refractivity contribution in [1.29, 1.82) is 0 Å². The third-order valence-corrected chi connectivity index (χ3v) is 5.67. The average Bonchev–Trinajstić information content (AvgIpc) is 2.88. The van der Waals surface area contributed by atoms with Gasteiger partial charge in [-0.05, 0) is 24.5 Å². The molecule has 10 nitrogen and oxygen atoms in total. The first kappa shape index (κ1) is 22.8. The number of pyridine rings is 1. The minimum Gasteiger partial charge on any atom is -0.481 e. The fraction of sp³-hybridized carbons (Fsp3) is 0.250. The van der Waals surface area contributed by atoms with Gasteiger partial charge in [0.25, 0.3) is 5.91 Å². The monoisotopic (exact) mass is 461 g/mol. The number of rotatable bonds is 6. The van der Waals surface area contributed by atoms with E-state index >= 15 is 0 Å². The fourth-order valence-electron chi connectivity index (χ4n) is 3.79. The molecule has 1 aliphatic heterocycles. The van der Waals surface area contributed by atoms with Gasteiger partial charge in [-0.3, -0.25) is 9.59 Å². The van der Waals surface area contributed by atoms with Gasteiger partial charge in [0.15, 0.2) is 0 Å². The van der Waals surface area contributed by atoms with Crippen molar-refractivity contribution in [2.45, 2.75) is 12.8 Å². The third kappa shape index (κ3) is 5.01. The van der Waals surface area contributed by atoms with Crippen LogP contribution in [0.3, 0.4) is 0 Å². The van der Waals surface area contributed by atoms with E-state index in [1.54, 1.807) is 0 Å². The Morgan fingerprint density at radius 3 is 2.38 bits per heavy atom. The van der Waals surface area contributed by atoms with Crippen molar-refractivity contribution in [3.05, 3.63) is 66.2 Å². The molecule has 2 aromatic heterocycles. The molecule has 0 spiro atoms. The number of amides is 1. The smallest absolute Gasteiger partial charge is 0.338 e. The van der Waals surface area contributed by atoms with Crippen LogP contribution in [0.15, 0.2) is 55.0 Å². The van der Waals surface area contributed by atoms with Crippen molar-refractivity contribution in [2.24, 2.45) is 5.92 Å². The molecule has 0 radical (unpaired) electrons. The van der Waals surface area contributed by atoms with Gasteiger partial charge in [-0.2, -0.15) is 0 Å². The highest BCUT2D eigenvalue weighted by molar-refractivity contribution is 6.04. The summed E-state index contributed by atoms with van der Waals surface area (Å²) in [5, 5.41) is 11.8. The molecule has 4 rings (SSSR count). The predicted octanol–water partition coefficient (Wildman–Crippen LogP) is 2.88. The number of carboxylic acid groups (broad SMARTS) is 1. The summed E-state index contributed by atoms with van der Waals surface area (Å²) < 4.78 is 4.89. The van der Waals surface area contributed by atoms with Crippen LogP contribution >= 0.6 is 0 Å². The maximum atomic E-state index is 12.7. The topological polar surface area (TPSA) is 135 Å². The average molecular weight is 461 g/mol. The van der Waals surface area contributed by atoms with Crippen LogP contribution in [0.5, 0.6) is 0 Å². The summed E-state index contributed by atoms with van der Waals surface area (Å²) in [6.45, 7) is 1.12. The number of anilines is 2. The van der Waals surface area contributed by atoms with Gasteiger partial charge in [0.1, 0.15) is 17.3 Å². The van der Waals surface area contributed by atoms with Crippen LogP contribution in [0.4, 0.5) is 11.6 Å². The zero-order valence-electron chi connectivity index (χ0n) is 18.5. The first-order valence-corrected chi connectivity index (χ1v) is 10.7. The lowest BCUT2D eigenvalue weighted by Crippen LogP contribution is -2.36.